The zero-order valence-electron chi connectivity index (χ0n) is 17.9. The molecule has 4 aromatic rings. The number of rotatable bonds is 7. The summed E-state index contributed by atoms with van der Waals surface area (Å²) in [4.78, 5) is 21.6. The van der Waals surface area contributed by atoms with Gasteiger partial charge in [0.15, 0.2) is 0 Å². The first-order valence-electron chi connectivity index (χ1n) is 9.97. The Morgan fingerprint density at radius 2 is 1.97 bits per heavy atom. The van der Waals surface area contributed by atoms with Gasteiger partial charge in [-0.05, 0) is 49.9 Å². The topological polar surface area (TPSA) is 81.4 Å². The van der Waals surface area contributed by atoms with Crippen molar-refractivity contribution >= 4 is 29.1 Å². The van der Waals surface area contributed by atoms with Gasteiger partial charge in [0.2, 0.25) is 11.1 Å². The highest BCUT2D eigenvalue weighted by molar-refractivity contribution is 7.98. The number of halogens is 1. The molecule has 1 N–H and O–H groups in total. The van der Waals surface area contributed by atoms with Crippen molar-refractivity contribution in [3.63, 3.8) is 0 Å². The molecule has 9 heteroatoms. The van der Waals surface area contributed by atoms with E-state index in [1.54, 1.807) is 16.6 Å². The van der Waals surface area contributed by atoms with Crippen LogP contribution in [0.3, 0.4) is 0 Å². The van der Waals surface area contributed by atoms with E-state index in [9.17, 15) is 9.18 Å². The van der Waals surface area contributed by atoms with Gasteiger partial charge in [-0.2, -0.15) is 4.98 Å². The minimum atomic E-state index is -0.350. The van der Waals surface area contributed by atoms with E-state index in [1.807, 2.05) is 44.4 Å². The predicted octanol–water partition coefficient (Wildman–Crippen LogP) is 4.36. The maximum absolute atomic E-state index is 13.3. The van der Waals surface area contributed by atoms with Gasteiger partial charge >= 0.3 is 0 Å². The normalized spacial score (nSPS) is 11.0. The zero-order valence-corrected chi connectivity index (χ0v) is 18.7. The van der Waals surface area contributed by atoms with Crippen LogP contribution in [-0.2, 0) is 17.8 Å². The summed E-state index contributed by atoms with van der Waals surface area (Å²) < 4.78 is 20.6. The van der Waals surface area contributed by atoms with E-state index in [0.717, 1.165) is 22.5 Å². The molecule has 164 valence electrons. The molecule has 0 aliphatic carbocycles. The maximum atomic E-state index is 13.3. The van der Waals surface area contributed by atoms with Crippen molar-refractivity contribution < 1.29 is 13.9 Å². The minimum absolute atomic E-state index is 0.161. The van der Waals surface area contributed by atoms with Crippen LogP contribution in [0.5, 0.6) is 5.75 Å². The molecule has 0 saturated carbocycles. The molecule has 0 radical (unpaired) electrons. The fourth-order valence-corrected chi connectivity index (χ4v) is 3.70. The van der Waals surface area contributed by atoms with Crippen LogP contribution in [0.15, 0.2) is 53.7 Å². The number of aromatic nitrogens is 4. The Morgan fingerprint density at radius 3 is 2.75 bits per heavy atom. The fourth-order valence-electron chi connectivity index (χ4n) is 3.36. The second kappa shape index (κ2) is 9.35. The third-order valence-corrected chi connectivity index (χ3v) is 5.50. The summed E-state index contributed by atoms with van der Waals surface area (Å²) in [7, 11) is 0. The van der Waals surface area contributed by atoms with Gasteiger partial charge in [-0.1, -0.05) is 30.0 Å². The van der Waals surface area contributed by atoms with Gasteiger partial charge in [0, 0.05) is 28.7 Å². The van der Waals surface area contributed by atoms with Crippen molar-refractivity contribution in [2.45, 2.75) is 32.0 Å². The smallest absolute Gasteiger partial charge is 0.253 e. The van der Waals surface area contributed by atoms with Crippen molar-refractivity contribution in [1.29, 1.82) is 0 Å². The Kier molecular flexibility index (Phi) is 6.36. The lowest BCUT2D eigenvalue weighted by Gasteiger charge is -2.12. The number of fused-ring (bicyclic) bond motifs is 1. The summed E-state index contributed by atoms with van der Waals surface area (Å²) in [6, 6.07) is 13.4. The number of aryl methyl sites for hydroxylation is 2. The summed E-state index contributed by atoms with van der Waals surface area (Å²) in [5.74, 6) is 0.466. The predicted molar refractivity (Wildman–Crippen MR) is 122 cm³/mol. The number of benzene rings is 2. The zero-order chi connectivity index (χ0) is 22.7. The number of thioether (sulfide) groups is 1. The molecule has 0 unspecified atom stereocenters. The summed E-state index contributed by atoms with van der Waals surface area (Å²) >= 11 is 1.44. The number of carbonyl (C=O) groups is 1. The van der Waals surface area contributed by atoms with Crippen LogP contribution < -0.4 is 10.1 Å². The van der Waals surface area contributed by atoms with Crippen molar-refractivity contribution in [1.82, 2.24) is 19.6 Å². The minimum Gasteiger partial charge on any atom is -0.489 e. The maximum Gasteiger partial charge on any atom is 0.253 e. The van der Waals surface area contributed by atoms with Crippen molar-refractivity contribution in [2.24, 2.45) is 0 Å². The van der Waals surface area contributed by atoms with E-state index >= 15 is 0 Å². The van der Waals surface area contributed by atoms with Gasteiger partial charge in [-0.15, -0.1) is 5.10 Å². The van der Waals surface area contributed by atoms with Crippen LogP contribution in [0.25, 0.3) is 5.78 Å². The van der Waals surface area contributed by atoms with Crippen LogP contribution in [0, 0.1) is 19.7 Å². The first-order chi connectivity index (χ1) is 15.4. The van der Waals surface area contributed by atoms with E-state index in [0.29, 0.717) is 22.4 Å². The highest BCUT2D eigenvalue weighted by Gasteiger charge is 2.16. The molecule has 0 aliphatic rings. The first-order valence-corrected chi connectivity index (χ1v) is 11.2. The van der Waals surface area contributed by atoms with Crippen LogP contribution in [0.4, 0.5) is 10.1 Å². The van der Waals surface area contributed by atoms with E-state index in [-0.39, 0.29) is 24.8 Å². The standard InChI is InChI=1S/C23H22FN5O2S/c1-14-20(15(2)29-22(25-14)27-23(28-29)32-3)12-21(30)26-18-8-4-6-16(10-18)13-31-19-9-5-7-17(24)11-19/h4-11H,12-13H2,1-3H3,(H,26,30). The molecule has 0 spiro atoms. The molecule has 2 aromatic heterocycles. The number of carbonyl (C=O) groups excluding carboxylic acids is 1. The average molecular weight is 452 g/mol. The molecule has 0 bridgehead atoms. The van der Waals surface area contributed by atoms with Gasteiger partial charge in [-0.25, -0.2) is 13.9 Å². The Balaban J connectivity index is 1.45. The summed E-state index contributed by atoms with van der Waals surface area (Å²) in [6.45, 7) is 4.04. The third kappa shape index (κ3) is 4.88. The first kappa shape index (κ1) is 21.8. The van der Waals surface area contributed by atoms with Gasteiger partial charge in [0.25, 0.3) is 5.78 Å². The number of nitrogens with zero attached hydrogens (tertiary/aromatic N) is 4. The number of ether oxygens (including phenoxy) is 1. The van der Waals surface area contributed by atoms with Crippen LogP contribution in [0.2, 0.25) is 0 Å². The molecule has 0 atom stereocenters. The second-order valence-electron chi connectivity index (χ2n) is 7.24. The molecule has 4 rings (SSSR count). The van der Waals surface area contributed by atoms with Crippen LogP contribution >= 0.6 is 11.8 Å². The van der Waals surface area contributed by atoms with E-state index in [2.05, 4.69) is 20.4 Å². The lowest BCUT2D eigenvalue weighted by atomic mass is 10.1. The molecule has 2 heterocycles. The van der Waals surface area contributed by atoms with E-state index in [4.69, 9.17) is 4.74 Å². The fraction of sp³-hybridized carbons (Fsp3) is 0.217. The number of amides is 1. The largest absolute Gasteiger partial charge is 0.489 e. The van der Waals surface area contributed by atoms with Crippen molar-refractivity contribution in [3.05, 3.63) is 76.9 Å². The summed E-state index contributed by atoms with van der Waals surface area (Å²) in [6.07, 6.45) is 2.07. The van der Waals surface area contributed by atoms with Crippen molar-refractivity contribution in [2.75, 3.05) is 11.6 Å². The number of anilines is 1. The third-order valence-electron chi connectivity index (χ3n) is 4.96. The number of hydrogen-bond acceptors (Lipinski definition) is 6. The van der Waals surface area contributed by atoms with Gasteiger partial charge in [0.05, 0.1) is 6.42 Å². The van der Waals surface area contributed by atoms with Gasteiger partial charge in [-0.3, -0.25) is 4.79 Å². The second-order valence-corrected chi connectivity index (χ2v) is 8.02. The van der Waals surface area contributed by atoms with E-state index < -0.39 is 0 Å². The van der Waals surface area contributed by atoms with E-state index in [1.165, 1.54) is 23.9 Å². The molecular formula is C23H22FN5O2S. The molecule has 0 aliphatic heterocycles. The van der Waals surface area contributed by atoms with Crippen molar-refractivity contribution in [3.8, 4) is 5.75 Å². The highest BCUT2D eigenvalue weighted by atomic mass is 32.2. The Morgan fingerprint density at radius 1 is 1.16 bits per heavy atom. The molecule has 0 saturated heterocycles. The molecular weight excluding hydrogens is 429 g/mol. The SMILES string of the molecule is CSc1nc2nc(C)c(CC(=O)Nc3cccc(COc4cccc(F)c4)c3)c(C)n2n1. The number of nitrogens with one attached hydrogen (secondary N) is 1. The Labute approximate surface area is 189 Å². The summed E-state index contributed by atoms with van der Waals surface area (Å²) in [5, 5.41) is 7.99. The van der Waals surface area contributed by atoms with Gasteiger partial charge in [0.1, 0.15) is 18.2 Å². The molecule has 0 fully saturated rings. The molecule has 2 aromatic carbocycles. The lowest BCUT2D eigenvalue weighted by Crippen LogP contribution is -2.18. The molecule has 7 nitrogen and oxygen atoms in total. The monoisotopic (exact) mass is 451 g/mol. The Hall–Kier alpha value is -3.46. The summed E-state index contributed by atoms with van der Waals surface area (Å²) in [5.41, 5.74) is 3.92. The average Bonchev–Trinajstić information content (AvgIpc) is 3.19. The molecule has 32 heavy (non-hydrogen) atoms. The quantitative estimate of drug-likeness (QED) is 0.421. The van der Waals surface area contributed by atoms with Gasteiger partial charge < -0.3 is 10.1 Å². The highest BCUT2D eigenvalue weighted by Crippen LogP contribution is 2.19. The Bertz CT molecular complexity index is 1290. The van der Waals surface area contributed by atoms with Crippen LogP contribution in [-0.4, -0.2) is 31.7 Å². The molecule has 1 amide bonds. The van der Waals surface area contributed by atoms with Crippen LogP contribution in [0.1, 0.15) is 22.5 Å². The number of hydrogen-bond donors (Lipinski definition) is 1. The lowest BCUT2D eigenvalue weighted by molar-refractivity contribution is -0.115.